The molecule has 1 fully saturated rings. The number of nitrogens with zero attached hydrogens (tertiary/aromatic N) is 4. The Morgan fingerprint density at radius 3 is 2.62 bits per heavy atom. The number of rotatable bonds is 2. The van der Waals surface area contributed by atoms with Gasteiger partial charge < -0.3 is 14.7 Å². The number of carbonyl (C=O) groups is 2. The number of fused-ring (bicyclic) bond motifs is 3. The Morgan fingerprint density at radius 2 is 1.92 bits per heavy atom. The molecule has 1 aromatic carbocycles. The number of amides is 3. The summed E-state index contributed by atoms with van der Waals surface area (Å²) in [6.45, 7) is 4.11. The molecular weight excluding hydrogens is 306 g/mol. The highest BCUT2D eigenvalue weighted by Gasteiger charge is 2.51. The molecular formula is C17H19N5O2. The smallest absolute Gasteiger partial charge is 0.308 e. The lowest BCUT2D eigenvalue weighted by Gasteiger charge is -2.34. The molecule has 0 bridgehead atoms. The minimum Gasteiger partial charge on any atom is -0.308 e. The van der Waals surface area contributed by atoms with Crippen molar-refractivity contribution >= 4 is 17.9 Å². The molecule has 3 aliphatic heterocycles. The first-order valence-electron chi connectivity index (χ1n) is 7.95. The maximum absolute atomic E-state index is 12.3. The van der Waals surface area contributed by atoms with Crippen molar-refractivity contribution in [2.45, 2.75) is 32.1 Å². The van der Waals surface area contributed by atoms with Gasteiger partial charge in [0.15, 0.2) is 12.2 Å². The molecule has 0 aromatic heterocycles. The molecule has 0 radical (unpaired) electrons. The molecule has 3 atom stereocenters. The Labute approximate surface area is 140 Å². The minimum atomic E-state index is -0.509. The fraction of sp³-hybridized carbons (Fsp3) is 0.353. The maximum atomic E-state index is 12.3. The Hall–Kier alpha value is -2.83. The molecule has 7 heteroatoms. The normalized spacial score (nSPS) is 26.7. The number of hydrogen-bond donors (Lipinski definition) is 1. The van der Waals surface area contributed by atoms with Crippen molar-refractivity contribution in [2.24, 2.45) is 4.99 Å². The molecule has 1 aromatic rings. The average molecular weight is 325 g/mol. The first kappa shape index (κ1) is 14.7. The highest BCUT2D eigenvalue weighted by atomic mass is 16.2. The van der Waals surface area contributed by atoms with Crippen LogP contribution in [0.5, 0.6) is 0 Å². The summed E-state index contributed by atoms with van der Waals surface area (Å²) in [5.74, 6) is 0.413. The first-order chi connectivity index (χ1) is 11.5. The van der Waals surface area contributed by atoms with Gasteiger partial charge in [0.25, 0.3) is 5.91 Å². The second-order valence-corrected chi connectivity index (χ2v) is 6.33. The zero-order valence-electron chi connectivity index (χ0n) is 13.8. The van der Waals surface area contributed by atoms with Gasteiger partial charge in [-0.15, -0.1) is 0 Å². The van der Waals surface area contributed by atoms with Gasteiger partial charge in [0.05, 0.1) is 6.04 Å². The summed E-state index contributed by atoms with van der Waals surface area (Å²) in [6.07, 6.45) is 1.45. The summed E-state index contributed by atoms with van der Waals surface area (Å²) in [6, 6.07) is 9.32. The van der Waals surface area contributed by atoms with Gasteiger partial charge in [-0.25, -0.2) is 9.79 Å². The minimum absolute atomic E-state index is 0.0791. The van der Waals surface area contributed by atoms with Gasteiger partial charge in [0.2, 0.25) is 5.96 Å². The lowest BCUT2D eigenvalue weighted by atomic mass is 10.1. The van der Waals surface area contributed by atoms with E-state index in [0.29, 0.717) is 0 Å². The lowest BCUT2D eigenvalue weighted by Crippen LogP contribution is -2.62. The largest absolute Gasteiger partial charge is 0.325 e. The highest BCUT2D eigenvalue weighted by molar-refractivity contribution is 6.04. The number of carbonyl (C=O) groups excluding carboxylic acids is 2. The summed E-state index contributed by atoms with van der Waals surface area (Å²) in [5, 5.41) is 2.39. The fourth-order valence-electron chi connectivity index (χ4n) is 3.58. The van der Waals surface area contributed by atoms with Crippen molar-refractivity contribution in [1.82, 2.24) is 20.0 Å². The van der Waals surface area contributed by atoms with Gasteiger partial charge in [0.1, 0.15) is 0 Å². The standard InChI is InChI=1S/C17H19N5O2/c1-10-9-21-13-14(20(3)17(24)19-15(13)23)18-16(21)22(10)11(2)12-7-5-4-6-8-12/h4-9,11,13-14H,1-3H3,(H,19,23,24). The van der Waals surface area contributed by atoms with Crippen LogP contribution in [-0.4, -0.2) is 51.9 Å². The molecule has 0 spiro atoms. The molecule has 1 saturated heterocycles. The number of nitrogens with one attached hydrogen (secondary N) is 1. The van der Waals surface area contributed by atoms with Gasteiger partial charge in [-0.1, -0.05) is 30.3 Å². The Kier molecular flexibility index (Phi) is 3.13. The van der Waals surface area contributed by atoms with E-state index >= 15 is 0 Å². The van der Waals surface area contributed by atoms with E-state index < -0.39 is 18.2 Å². The van der Waals surface area contributed by atoms with E-state index in [2.05, 4.69) is 29.3 Å². The van der Waals surface area contributed by atoms with Gasteiger partial charge in [-0.2, -0.15) is 0 Å². The number of imide groups is 1. The van der Waals surface area contributed by atoms with Crippen LogP contribution >= 0.6 is 0 Å². The van der Waals surface area contributed by atoms with Crippen molar-refractivity contribution in [1.29, 1.82) is 0 Å². The Bertz CT molecular complexity index is 772. The van der Waals surface area contributed by atoms with E-state index in [1.807, 2.05) is 36.2 Å². The molecule has 3 amide bonds. The quantitative estimate of drug-likeness (QED) is 0.894. The summed E-state index contributed by atoms with van der Waals surface area (Å²) in [4.78, 5) is 34.3. The molecule has 4 rings (SSSR count). The summed E-state index contributed by atoms with van der Waals surface area (Å²) in [7, 11) is 1.66. The van der Waals surface area contributed by atoms with Gasteiger partial charge in [0, 0.05) is 18.9 Å². The third-order valence-corrected chi connectivity index (χ3v) is 4.87. The maximum Gasteiger partial charge on any atom is 0.325 e. The van der Waals surface area contributed by atoms with Crippen molar-refractivity contribution in [2.75, 3.05) is 7.05 Å². The molecule has 3 unspecified atom stereocenters. The third kappa shape index (κ3) is 1.94. The predicted molar refractivity (Wildman–Crippen MR) is 88.6 cm³/mol. The summed E-state index contributed by atoms with van der Waals surface area (Å²) in [5.41, 5.74) is 2.19. The zero-order chi connectivity index (χ0) is 17.0. The van der Waals surface area contributed by atoms with Gasteiger partial charge >= 0.3 is 6.03 Å². The van der Waals surface area contributed by atoms with Gasteiger partial charge in [-0.05, 0) is 19.4 Å². The number of hydrogen-bond acceptors (Lipinski definition) is 5. The molecule has 0 aliphatic carbocycles. The van der Waals surface area contributed by atoms with Crippen LogP contribution in [-0.2, 0) is 4.79 Å². The predicted octanol–water partition coefficient (Wildman–Crippen LogP) is 1.47. The topological polar surface area (TPSA) is 68.2 Å². The SMILES string of the molecule is CC1=CN2C(=NC3C2C(=O)NC(=O)N3C)N1C(C)c1ccccc1. The number of urea groups is 1. The molecule has 3 heterocycles. The van der Waals surface area contributed by atoms with Crippen LogP contribution in [0.1, 0.15) is 25.5 Å². The third-order valence-electron chi connectivity index (χ3n) is 4.87. The van der Waals surface area contributed by atoms with Crippen LogP contribution in [0.15, 0.2) is 47.2 Å². The lowest BCUT2D eigenvalue weighted by molar-refractivity contribution is -0.126. The van der Waals surface area contributed by atoms with Crippen molar-refractivity contribution in [3.63, 3.8) is 0 Å². The van der Waals surface area contributed by atoms with Gasteiger partial charge in [-0.3, -0.25) is 10.1 Å². The van der Waals surface area contributed by atoms with Crippen molar-refractivity contribution < 1.29 is 9.59 Å². The Balaban J connectivity index is 1.71. The fourth-order valence-corrected chi connectivity index (χ4v) is 3.58. The number of benzene rings is 1. The van der Waals surface area contributed by atoms with Crippen LogP contribution < -0.4 is 5.32 Å². The molecule has 0 saturated carbocycles. The molecule has 1 N–H and O–H groups in total. The molecule has 24 heavy (non-hydrogen) atoms. The van der Waals surface area contributed by atoms with E-state index in [9.17, 15) is 9.59 Å². The van der Waals surface area contributed by atoms with Crippen LogP contribution in [0.3, 0.4) is 0 Å². The number of allylic oxidation sites excluding steroid dienone is 1. The van der Waals surface area contributed by atoms with E-state index in [1.54, 1.807) is 7.05 Å². The van der Waals surface area contributed by atoms with E-state index in [0.717, 1.165) is 11.7 Å². The van der Waals surface area contributed by atoms with Crippen LogP contribution in [0, 0.1) is 0 Å². The number of aliphatic imine (C=N–C) groups is 1. The van der Waals surface area contributed by atoms with Crippen molar-refractivity contribution in [3.8, 4) is 0 Å². The summed E-state index contributed by atoms with van der Waals surface area (Å²) < 4.78 is 0. The van der Waals surface area contributed by atoms with E-state index in [1.165, 1.54) is 10.5 Å². The molecule has 7 nitrogen and oxygen atoms in total. The van der Waals surface area contributed by atoms with E-state index in [-0.39, 0.29) is 11.9 Å². The molecule has 124 valence electrons. The average Bonchev–Trinajstić information content (AvgIpc) is 3.07. The second-order valence-electron chi connectivity index (χ2n) is 6.33. The summed E-state index contributed by atoms with van der Waals surface area (Å²) >= 11 is 0. The Morgan fingerprint density at radius 1 is 1.21 bits per heavy atom. The molecule has 3 aliphatic rings. The van der Waals surface area contributed by atoms with E-state index in [4.69, 9.17) is 4.99 Å². The number of likely N-dealkylation sites (N-methyl/N-ethyl adjacent to an activating group) is 1. The second kappa shape index (κ2) is 5.09. The van der Waals surface area contributed by atoms with Crippen LogP contribution in [0.25, 0.3) is 0 Å². The van der Waals surface area contributed by atoms with Crippen molar-refractivity contribution in [3.05, 3.63) is 47.8 Å². The van der Waals surface area contributed by atoms with Crippen LogP contribution in [0.2, 0.25) is 0 Å². The highest BCUT2D eigenvalue weighted by Crippen LogP contribution is 2.36. The first-order valence-corrected chi connectivity index (χ1v) is 7.95. The van der Waals surface area contributed by atoms with Crippen LogP contribution in [0.4, 0.5) is 4.79 Å². The monoisotopic (exact) mass is 325 g/mol. The zero-order valence-corrected chi connectivity index (χ0v) is 13.8. The number of guanidine groups is 1.